The molecule has 0 amide bonds. The van der Waals surface area contributed by atoms with Crippen molar-refractivity contribution < 1.29 is 1.43 Å². The van der Waals surface area contributed by atoms with Crippen LogP contribution in [0.15, 0.2) is 0 Å². The summed E-state index contributed by atoms with van der Waals surface area (Å²) in [4.78, 5) is 0. The molecular formula is C8H23N. The van der Waals surface area contributed by atoms with Crippen molar-refractivity contribution in [2.75, 3.05) is 6.54 Å². The fraction of sp³-hybridized carbons (Fsp3) is 1.00. The third-order valence-corrected chi connectivity index (χ3v) is 0.803. The Hall–Kier alpha value is -0.0400. The molecule has 0 aromatic rings. The first kappa shape index (κ1) is 11.7. The third kappa shape index (κ3) is 18.0. The van der Waals surface area contributed by atoms with Gasteiger partial charge in [0.1, 0.15) is 0 Å². The van der Waals surface area contributed by atoms with Crippen molar-refractivity contribution in [2.24, 2.45) is 0 Å². The summed E-state index contributed by atoms with van der Waals surface area (Å²) >= 11 is 0. The predicted octanol–water partition coefficient (Wildman–Crippen LogP) is 2.67. The van der Waals surface area contributed by atoms with E-state index in [4.69, 9.17) is 0 Å². The minimum Gasteiger partial charge on any atom is -0.315 e. The van der Waals surface area contributed by atoms with E-state index in [1.54, 1.807) is 0 Å². The Morgan fingerprint density at radius 3 is 1.89 bits per heavy atom. The van der Waals surface area contributed by atoms with Gasteiger partial charge in [0.2, 0.25) is 0 Å². The second kappa shape index (κ2) is 10.9. The molecule has 0 bridgehead atoms. The predicted molar refractivity (Wildman–Crippen MR) is 46.9 cm³/mol. The smallest absolute Gasteiger partial charge is 0.00103 e. The van der Waals surface area contributed by atoms with Gasteiger partial charge in [0.15, 0.2) is 0 Å². The van der Waals surface area contributed by atoms with Crippen molar-refractivity contribution in [3.8, 4) is 0 Å². The largest absolute Gasteiger partial charge is 0.315 e. The molecule has 60 valence electrons. The van der Waals surface area contributed by atoms with E-state index in [0.29, 0.717) is 6.04 Å². The van der Waals surface area contributed by atoms with E-state index in [-0.39, 0.29) is 1.43 Å². The molecule has 0 saturated heterocycles. The quantitative estimate of drug-likeness (QED) is 0.624. The molecule has 0 unspecified atom stereocenters. The van der Waals surface area contributed by atoms with Gasteiger partial charge < -0.3 is 5.32 Å². The van der Waals surface area contributed by atoms with E-state index >= 15 is 0 Å². The van der Waals surface area contributed by atoms with Crippen molar-refractivity contribution in [2.45, 2.75) is 47.1 Å². The highest BCUT2D eigenvalue weighted by atomic mass is 14.9. The molecule has 1 nitrogen and oxygen atoms in total. The second-order valence-corrected chi connectivity index (χ2v) is 2.11. The molecule has 0 aliphatic heterocycles. The summed E-state index contributed by atoms with van der Waals surface area (Å²) in [6, 6.07) is 0.653. The van der Waals surface area contributed by atoms with Gasteiger partial charge in [-0.1, -0.05) is 34.6 Å². The first-order valence-corrected chi connectivity index (χ1v) is 4.00. The molecule has 0 aliphatic rings. The van der Waals surface area contributed by atoms with Crippen LogP contribution < -0.4 is 5.32 Å². The van der Waals surface area contributed by atoms with Gasteiger partial charge >= 0.3 is 0 Å². The van der Waals surface area contributed by atoms with E-state index in [9.17, 15) is 0 Å². The zero-order chi connectivity index (χ0) is 7.70. The fourth-order valence-corrected chi connectivity index (χ4v) is 0.433. The molecule has 0 rings (SSSR count). The molecule has 0 saturated carbocycles. The summed E-state index contributed by atoms with van der Waals surface area (Å²) in [6.45, 7) is 11.7. The third-order valence-electron chi connectivity index (χ3n) is 0.803. The highest BCUT2D eigenvalue weighted by molar-refractivity contribution is 4.48. The molecule has 0 fully saturated rings. The molecule has 1 heteroatoms. The molecule has 1 N–H and O–H groups in total. The molecule has 0 atom stereocenters. The average molecular weight is 133 g/mol. The van der Waals surface area contributed by atoms with Crippen LogP contribution in [0.3, 0.4) is 0 Å². The lowest BCUT2D eigenvalue weighted by Crippen LogP contribution is -2.22. The highest BCUT2D eigenvalue weighted by Gasteiger charge is 1.85. The normalized spacial score (nSPS) is 8.67. The number of hydrogen-bond acceptors (Lipinski definition) is 1. The first-order valence-electron chi connectivity index (χ1n) is 4.00. The molecule has 0 aliphatic carbocycles. The van der Waals surface area contributed by atoms with Crippen LogP contribution in [0.1, 0.15) is 42.5 Å². The molecule has 0 aromatic heterocycles. The van der Waals surface area contributed by atoms with E-state index in [1.165, 1.54) is 6.42 Å². The Morgan fingerprint density at radius 2 is 1.78 bits per heavy atom. The van der Waals surface area contributed by atoms with Crippen LogP contribution in [-0.4, -0.2) is 12.6 Å². The van der Waals surface area contributed by atoms with E-state index in [1.807, 2.05) is 13.8 Å². The lowest BCUT2D eigenvalue weighted by Gasteiger charge is -2.03. The minimum absolute atomic E-state index is 0. The molecule has 9 heavy (non-hydrogen) atoms. The van der Waals surface area contributed by atoms with Crippen LogP contribution >= 0.6 is 0 Å². The maximum Gasteiger partial charge on any atom is 0.00103 e. The first-order chi connectivity index (χ1) is 4.27. The second-order valence-electron chi connectivity index (χ2n) is 2.11. The SMILES string of the molecule is CC.CCCNC(C)C.[HH]. The highest BCUT2D eigenvalue weighted by Crippen LogP contribution is 1.76. The topological polar surface area (TPSA) is 12.0 Å². The summed E-state index contributed by atoms with van der Waals surface area (Å²) in [7, 11) is 0. The van der Waals surface area contributed by atoms with Crippen LogP contribution in [0.2, 0.25) is 0 Å². The fourth-order valence-electron chi connectivity index (χ4n) is 0.433. The number of rotatable bonds is 3. The summed E-state index contributed by atoms with van der Waals surface area (Å²) in [5.74, 6) is 0. The monoisotopic (exact) mass is 133 g/mol. The van der Waals surface area contributed by atoms with Gasteiger partial charge in [-0.05, 0) is 13.0 Å². The Bertz CT molecular complexity index is 38.2. The minimum atomic E-state index is 0. The standard InChI is InChI=1S/C6H15N.C2H6.H2/c1-4-5-7-6(2)3;1-2;/h6-7H,4-5H2,1-3H3;1-2H3;1H. The summed E-state index contributed by atoms with van der Waals surface area (Å²) in [6.07, 6.45) is 1.23. The van der Waals surface area contributed by atoms with Crippen molar-refractivity contribution in [3.63, 3.8) is 0 Å². The van der Waals surface area contributed by atoms with Crippen LogP contribution in [0.4, 0.5) is 0 Å². The summed E-state index contributed by atoms with van der Waals surface area (Å²) in [5, 5.41) is 3.30. The average Bonchev–Trinajstić information content (AvgIpc) is 1.88. The van der Waals surface area contributed by atoms with Crippen molar-refractivity contribution in [1.29, 1.82) is 0 Å². The molecule has 0 aromatic carbocycles. The van der Waals surface area contributed by atoms with Gasteiger partial charge in [-0.15, -0.1) is 0 Å². The maximum atomic E-state index is 3.30. The van der Waals surface area contributed by atoms with Gasteiger partial charge in [-0.25, -0.2) is 0 Å². The zero-order valence-electron chi connectivity index (χ0n) is 7.49. The van der Waals surface area contributed by atoms with Gasteiger partial charge in [-0.2, -0.15) is 0 Å². The molecule has 0 heterocycles. The van der Waals surface area contributed by atoms with Crippen molar-refractivity contribution >= 4 is 0 Å². The number of nitrogens with one attached hydrogen (secondary N) is 1. The Labute approximate surface area is 61.3 Å². The van der Waals surface area contributed by atoms with Crippen LogP contribution in [0.25, 0.3) is 0 Å². The Balaban J connectivity index is -0.000000149. The molecule has 0 radical (unpaired) electrons. The van der Waals surface area contributed by atoms with Crippen molar-refractivity contribution in [1.82, 2.24) is 5.32 Å². The molecular weight excluding hydrogens is 110 g/mol. The lowest BCUT2D eigenvalue weighted by molar-refractivity contribution is 0.584. The van der Waals surface area contributed by atoms with Crippen LogP contribution in [0.5, 0.6) is 0 Å². The number of hydrogen-bond donors (Lipinski definition) is 1. The van der Waals surface area contributed by atoms with Crippen LogP contribution in [-0.2, 0) is 0 Å². The summed E-state index contributed by atoms with van der Waals surface area (Å²) < 4.78 is 0. The van der Waals surface area contributed by atoms with E-state index in [2.05, 4.69) is 26.1 Å². The summed E-state index contributed by atoms with van der Waals surface area (Å²) in [5.41, 5.74) is 0. The van der Waals surface area contributed by atoms with Gasteiger partial charge in [0.05, 0.1) is 0 Å². The molecule has 0 spiro atoms. The van der Waals surface area contributed by atoms with E-state index in [0.717, 1.165) is 6.54 Å². The zero-order valence-corrected chi connectivity index (χ0v) is 7.49. The van der Waals surface area contributed by atoms with Crippen LogP contribution in [0, 0.1) is 0 Å². The maximum absolute atomic E-state index is 3.30. The van der Waals surface area contributed by atoms with Gasteiger partial charge in [0.25, 0.3) is 0 Å². The lowest BCUT2D eigenvalue weighted by atomic mass is 10.4. The van der Waals surface area contributed by atoms with E-state index < -0.39 is 0 Å². The van der Waals surface area contributed by atoms with Crippen molar-refractivity contribution in [3.05, 3.63) is 0 Å². The Morgan fingerprint density at radius 1 is 1.33 bits per heavy atom. The Kier molecular flexibility index (Phi) is 14.1. The van der Waals surface area contributed by atoms with Gasteiger partial charge in [0, 0.05) is 7.47 Å². The van der Waals surface area contributed by atoms with Gasteiger partial charge in [-0.3, -0.25) is 0 Å².